The first kappa shape index (κ1) is 22.7. The Bertz CT molecular complexity index is 1170. The standard InChI is InChI=1S/C23H27N5O4/c1-27(15-19(29)25-13-12-16-8-10-18(32-2)11-9-16)20-21(24)28(23(31)26-22(20)30)14-17-6-4-3-5-7-17/h3-11H,12-15,24H2,1-2H3,(H,25,29)(H,26,30,31). The van der Waals surface area contributed by atoms with Gasteiger partial charge in [-0.05, 0) is 29.7 Å². The molecule has 2 aromatic carbocycles. The van der Waals surface area contributed by atoms with Gasteiger partial charge < -0.3 is 20.7 Å². The third kappa shape index (κ3) is 5.57. The number of amides is 1. The Morgan fingerprint density at radius 2 is 1.78 bits per heavy atom. The summed E-state index contributed by atoms with van der Waals surface area (Å²) in [6.45, 7) is 0.564. The summed E-state index contributed by atoms with van der Waals surface area (Å²) in [6.07, 6.45) is 0.657. The van der Waals surface area contributed by atoms with Gasteiger partial charge in [0.1, 0.15) is 17.3 Å². The lowest BCUT2D eigenvalue weighted by atomic mass is 10.1. The number of carbonyl (C=O) groups is 1. The molecule has 0 atom stereocenters. The van der Waals surface area contributed by atoms with Crippen molar-refractivity contribution in [3.8, 4) is 5.75 Å². The molecule has 1 amide bonds. The lowest BCUT2D eigenvalue weighted by Crippen LogP contribution is -2.41. The Labute approximate surface area is 185 Å². The summed E-state index contributed by atoms with van der Waals surface area (Å²) in [7, 11) is 3.19. The highest BCUT2D eigenvalue weighted by molar-refractivity contribution is 5.82. The molecule has 3 aromatic rings. The minimum Gasteiger partial charge on any atom is -0.497 e. The molecule has 0 aliphatic heterocycles. The van der Waals surface area contributed by atoms with Crippen LogP contribution >= 0.6 is 0 Å². The second kappa shape index (κ2) is 10.3. The second-order valence-electron chi connectivity index (χ2n) is 7.37. The number of nitrogen functional groups attached to an aromatic ring is 1. The average Bonchev–Trinajstić information content (AvgIpc) is 2.77. The first-order chi connectivity index (χ1) is 15.4. The van der Waals surface area contributed by atoms with Crippen LogP contribution in [0.25, 0.3) is 0 Å². The number of anilines is 2. The maximum atomic E-state index is 12.4. The Morgan fingerprint density at radius 3 is 2.44 bits per heavy atom. The van der Waals surface area contributed by atoms with Gasteiger partial charge in [-0.1, -0.05) is 42.5 Å². The first-order valence-electron chi connectivity index (χ1n) is 10.2. The predicted molar refractivity (Wildman–Crippen MR) is 124 cm³/mol. The van der Waals surface area contributed by atoms with Crippen LogP contribution in [0.2, 0.25) is 0 Å². The van der Waals surface area contributed by atoms with Gasteiger partial charge in [-0.15, -0.1) is 0 Å². The van der Waals surface area contributed by atoms with Gasteiger partial charge in [0.2, 0.25) is 5.91 Å². The Balaban J connectivity index is 1.65. The summed E-state index contributed by atoms with van der Waals surface area (Å²) >= 11 is 0. The van der Waals surface area contributed by atoms with Gasteiger partial charge in [0.25, 0.3) is 5.56 Å². The number of H-pyrrole nitrogens is 1. The van der Waals surface area contributed by atoms with E-state index in [9.17, 15) is 14.4 Å². The van der Waals surface area contributed by atoms with Crippen molar-refractivity contribution in [2.24, 2.45) is 0 Å². The van der Waals surface area contributed by atoms with Gasteiger partial charge in [0.15, 0.2) is 0 Å². The van der Waals surface area contributed by atoms with Gasteiger partial charge in [-0.25, -0.2) is 4.79 Å². The molecule has 0 bridgehead atoms. The molecule has 168 valence electrons. The Morgan fingerprint density at radius 1 is 1.09 bits per heavy atom. The summed E-state index contributed by atoms with van der Waals surface area (Å²) < 4.78 is 6.41. The molecular weight excluding hydrogens is 410 g/mol. The fourth-order valence-electron chi connectivity index (χ4n) is 3.36. The van der Waals surface area contributed by atoms with Crippen LogP contribution in [0.1, 0.15) is 11.1 Å². The smallest absolute Gasteiger partial charge is 0.330 e. The summed E-state index contributed by atoms with van der Waals surface area (Å²) in [5.74, 6) is 0.521. The van der Waals surface area contributed by atoms with Crippen LogP contribution in [0, 0.1) is 0 Å². The number of nitrogens with two attached hydrogens (primary N) is 1. The summed E-state index contributed by atoms with van der Waals surface area (Å²) in [4.78, 5) is 40.8. The molecule has 0 saturated heterocycles. The molecule has 0 aliphatic rings. The summed E-state index contributed by atoms with van der Waals surface area (Å²) in [6, 6.07) is 16.9. The zero-order valence-electron chi connectivity index (χ0n) is 18.1. The minimum absolute atomic E-state index is 0.0103. The molecule has 0 fully saturated rings. The number of hydrogen-bond acceptors (Lipinski definition) is 6. The monoisotopic (exact) mass is 437 g/mol. The molecule has 0 unspecified atom stereocenters. The van der Waals surface area contributed by atoms with E-state index >= 15 is 0 Å². The van der Waals surface area contributed by atoms with E-state index in [0.29, 0.717) is 13.0 Å². The lowest BCUT2D eigenvalue weighted by molar-refractivity contribution is -0.119. The van der Waals surface area contributed by atoms with Crippen molar-refractivity contribution >= 4 is 17.4 Å². The quantitative estimate of drug-likeness (QED) is 0.459. The number of aromatic nitrogens is 2. The zero-order valence-corrected chi connectivity index (χ0v) is 18.1. The maximum absolute atomic E-state index is 12.4. The number of ether oxygens (including phenoxy) is 1. The molecule has 1 aromatic heterocycles. The Kier molecular flexibility index (Phi) is 7.33. The van der Waals surface area contributed by atoms with E-state index in [1.165, 1.54) is 9.47 Å². The van der Waals surface area contributed by atoms with Crippen molar-refractivity contribution in [1.82, 2.24) is 14.9 Å². The molecule has 3 rings (SSSR count). The van der Waals surface area contributed by atoms with Gasteiger partial charge in [-0.2, -0.15) is 0 Å². The molecule has 9 nitrogen and oxygen atoms in total. The molecule has 0 spiro atoms. The number of methoxy groups -OCH3 is 1. The topological polar surface area (TPSA) is 122 Å². The third-order valence-corrected chi connectivity index (χ3v) is 5.06. The number of carbonyl (C=O) groups excluding carboxylic acids is 1. The van der Waals surface area contributed by atoms with E-state index in [-0.39, 0.29) is 30.5 Å². The highest BCUT2D eigenvalue weighted by atomic mass is 16.5. The molecule has 32 heavy (non-hydrogen) atoms. The molecule has 0 radical (unpaired) electrons. The fourth-order valence-corrected chi connectivity index (χ4v) is 3.36. The van der Waals surface area contributed by atoms with E-state index in [4.69, 9.17) is 10.5 Å². The van der Waals surface area contributed by atoms with Crippen molar-refractivity contribution in [1.29, 1.82) is 0 Å². The average molecular weight is 438 g/mol. The van der Waals surface area contributed by atoms with Crippen molar-refractivity contribution in [2.75, 3.05) is 37.9 Å². The first-order valence-corrected chi connectivity index (χ1v) is 10.2. The van der Waals surface area contributed by atoms with E-state index in [1.807, 2.05) is 54.6 Å². The second-order valence-corrected chi connectivity index (χ2v) is 7.37. The van der Waals surface area contributed by atoms with Gasteiger partial charge in [-0.3, -0.25) is 19.1 Å². The number of likely N-dealkylation sites (N-methyl/N-ethyl adjacent to an activating group) is 1. The minimum atomic E-state index is -0.634. The zero-order chi connectivity index (χ0) is 23.1. The van der Waals surface area contributed by atoms with Gasteiger partial charge >= 0.3 is 5.69 Å². The molecule has 0 saturated carbocycles. The highest BCUT2D eigenvalue weighted by Gasteiger charge is 2.18. The Hall–Kier alpha value is -4.01. The van der Waals surface area contributed by atoms with Crippen molar-refractivity contribution in [3.63, 3.8) is 0 Å². The van der Waals surface area contributed by atoms with E-state index in [1.54, 1.807) is 14.2 Å². The molecular formula is C23H27N5O4. The number of nitrogens with one attached hydrogen (secondary N) is 2. The number of rotatable bonds is 9. The van der Waals surface area contributed by atoms with Crippen LogP contribution < -0.4 is 31.9 Å². The van der Waals surface area contributed by atoms with E-state index < -0.39 is 11.2 Å². The SMILES string of the molecule is COc1ccc(CCNC(=O)CN(C)c2c(N)n(Cc3ccccc3)c(=O)[nH]c2=O)cc1. The summed E-state index contributed by atoms with van der Waals surface area (Å²) in [5, 5.41) is 2.83. The molecule has 0 aliphatic carbocycles. The summed E-state index contributed by atoms with van der Waals surface area (Å²) in [5.41, 5.74) is 6.93. The predicted octanol–water partition coefficient (Wildman–Crippen LogP) is 0.971. The number of hydrogen-bond donors (Lipinski definition) is 3. The maximum Gasteiger partial charge on any atom is 0.330 e. The van der Waals surface area contributed by atoms with Crippen LogP contribution in [0.5, 0.6) is 5.75 Å². The highest BCUT2D eigenvalue weighted by Crippen LogP contribution is 2.16. The lowest BCUT2D eigenvalue weighted by Gasteiger charge is -2.21. The van der Waals surface area contributed by atoms with Gasteiger partial charge in [0.05, 0.1) is 20.2 Å². The largest absolute Gasteiger partial charge is 0.497 e. The van der Waals surface area contributed by atoms with Crippen LogP contribution in [-0.4, -0.2) is 42.7 Å². The number of benzene rings is 2. The van der Waals surface area contributed by atoms with Crippen LogP contribution in [0.4, 0.5) is 11.5 Å². The van der Waals surface area contributed by atoms with Crippen LogP contribution in [0.15, 0.2) is 64.2 Å². The van der Waals surface area contributed by atoms with Crippen molar-refractivity contribution < 1.29 is 9.53 Å². The normalized spacial score (nSPS) is 10.6. The fraction of sp³-hybridized carbons (Fsp3) is 0.261. The molecule has 1 heterocycles. The molecule has 9 heteroatoms. The number of aromatic amines is 1. The molecule has 4 N–H and O–H groups in total. The van der Waals surface area contributed by atoms with Crippen LogP contribution in [0.3, 0.4) is 0 Å². The van der Waals surface area contributed by atoms with Crippen LogP contribution in [-0.2, 0) is 17.8 Å². The van der Waals surface area contributed by atoms with E-state index in [0.717, 1.165) is 16.9 Å². The number of nitrogens with zero attached hydrogens (tertiary/aromatic N) is 2. The third-order valence-electron chi connectivity index (χ3n) is 5.06. The van der Waals surface area contributed by atoms with Crippen molar-refractivity contribution in [3.05, 3.63) is 86.6 Å². The van der Waals surface area contributed by atoms with E-state index in [2.05, 4.69) is 10.3 Å². The van der Waals surface area contributed by atoms with Crippen molar-refractivity contribution in [2.45, 2.75) is 13.0 Å². The van der Waals surface area contributed by atoms with Gasteiger partial charge in [0, 0.05) is 13.6 Å².